The molecule has 1 saturated carbocycles. The number of methoxy groups -OCH3 is 3. The van der Waals surface area contributed by atoms with Crippen LogP contribution in [0.1, 0.15) is 24.4 Å². The highest BCUT2D eigenvalue weighted by Gasteiger charge is 2.29. The molecule has 1 aromatic rings. The number of hydrogen-bond donors (Lipinski definition) is 1. The Morgan fingerprint density at radius 1 is 1.14 bits per heavy atom. The van der Waals surface area contributed by atoms with Crippen molar-refractivity contribution in [3.8, 4) is 17.2 Å². The Morgan fingerprint density at radius 3 is 2.10 bits per heavy atom. The smallest absolute Gasteiger partial charge is 0.131 e. The largest absolute Gasteiger partial charge is 0.496 e. The van der Waals surface area contributed by atoms with E-state index in [1.807, 2.05) is 12.1 Å². The maximum atomic E-state index is 6.04. The Morgan fingerprint density at radius 2 is 1.71 bits per heavy atom. The maximum Gasteiger partial charge on any atom is 0.131 e. The molecule has 1 unspecified atom stereocenters. The fraction of sp³-hybridized carbons (Fsp3) is 0.625. The molecule has 0 heterocycles. The molecule has 1 aliphatic carbocycles. The summed E-state index contributed by atoms with van der Waals surface area (Å²) in [5.41, 5.74) is 7.03. The van der Waals surface area contributed by atoms with E-state index in [-0.39, 0.29) is 6.04 Å². The molecule has 1 fully saturated rings. The Bertz CT molecular complexity index is 450. The summed E-state index contributed by atoms with van der Waals surface area (Å²) in [5.74, 6) is 3.03. The predicted molar refractivity (Wildman–Crippen MR) is 83.2 cm³/mol. The molecule has 0 spiro atoms. The third kappa shape index (κ3) is 3.60. The van der Waals surface area contributed by atoms with Gasteiger partial charge in [-0.1, -0.05) is 0 Å². The number of benzene rings is 1. The number of ether oxygens (including phenoxy) is 3. The second-order valence-corrected chi connectivity index (χ2v) is 5.58. The lowest BCUT2D eigenvalue weighted by Gasteiger charge is -2.30. The fourth-order valence-electron chi connectivity index (χ4n) is 2.71. The van der Waals surface area contributed by atoms with Crippen LogP contribution in [-0.2, 0) is 0 Å². The first-order valence-electron chi connectivity index (χ1n) is 7.34. The zero-order valence-corrected chi connectivity index (χ0v) is 13.4. The Kier molecular flexibility index (Phi) is 5.31. The fourth-order valence-corrected chi connectivity index (χ4v) is 2.71. The Hall–Kier alpha value is -1.46. The molecule has 118 valence electrons. The van der Waals surface area contributed by atoms with Crippen molar-refractivity contribution < 1.29 is 14.2 Å². The standard InChI is InChI=1S/C16H26N2O3/c1-18(10-11-5-6-11)13(9-17)16-14(20-3)7-12(19-2)8-15(16)21-4/h7-8,11,13H,5-6,9-10,17H2,1-4H3. The first-order chi connectivity index (χ1) is 10.1. The van der Waals surface area contributed by atoms with Crippen LogP contribution in [0.15, 0.2) is 12.1 Å². The van der Waals surface area contributed by atoms with E-state index in [0.29, 0.717) is 12.3 Å². The van der Waals surface area contributed by atoms with E-state index < -0.39 is 0 Å². The molecule has 2 rings (SSSR count). The van der Waals surface area contributed by atoms with Crippen molar-refractivity contribution in [2.75, 3.05) is 41.5 Å². The van der Waals surface area contributed by atoms with E-state index in [0.717, 1.165) is 29.5 Å². The first-order valence-corrected chi connectivity index (χ1v) is 7.34. The van der Waals surface area contributed by atoms with Crippen LogP contribution in [0.4, 0.5) is 0 Å². The topological polar surface area (TPSA) is 57.0 Å². The van der Waals surface area contributed by atoms with Crippen LogP contribution in [0.2, 0.25) is 0 Å². The molecule has 21 heavy (non-hydrogen) atoms. The highest BCUT2D eigenvalue weighted by Crippen LogP contribution is 2.41. The van der Waals surface area contributed by atoms with Crippen molar-refractivity contribution >= 4 is 0 Å². The zero-order valence-electron chi connectivity index (χ0n) is 13.4. The van der Waals surface area contributed by atoms with Crippen molar-refractivity contribution in [1.82, 2.24) is 4.90 Å². The van der Waals surface area contributed by atoms with Crippen LogP contribution >= 0.6 is 0 Å². The molecule has 1 aromatic carbocycles. The molecule has 0 bridgehead atoms. The molecule has 5 nitrogen and oxygen atoms in total. The van der Waals surface area contributed by atoms with Crippen LogP contribution in [-0.4, -0.2) is 46.4 Å². The third-order valence-corrected chi connectivity index (χ3v) is 4.08. The van der Waals surface area contributed by atoms with Gasteiger partial charge in [-0.05, 0) is 25.8 Å². The van der Waals surface area contributed by atoms with Gasteiger partial charge in [0.15, 0.2) is 0 Å². The minimum atomic E-state index is 0.0707. The lowest BCUT2D eigenvalue weighted by atomic mass is 10.0. The van der Waals surface area contributed by atoms with Crippen molar-refractivity contribution in [1.29, 1.82) is 0 Å². The summed E-state index contributed by atoms with van der Waals surface area (Å²) in [6.45, 7) is 1.57. The van der Waals surface area contributed by atoms with E-state index in [2.05, 4.69) is 11.9 Å². The minimum absolute atomic E-state index is 0.0707. The second-order valence-electron chi connectivity index (χ2n) is 5.58. The molecule has 5 heteroatoms. The SMILES string of the molecule is COc1cc(OC)c(C(CN)N(C)CC2CC2)c(OC)c1. The van der Waals surface area contributed by atoms with Crippen LogP contribution in [0.25, 0.3) is 0 Å². The van der Waals surface area contributed by atoms with E-state index in [1.165, 1.54) is 12.8 Å². The molecule has 0 aromatic heterocycles. The van der Waals surface area contributed by atoms with Gasteiger partial charge in [-0.15, -0.1) is 0 Å². The van der Waals surface area contributed by atoms with Crippen molar-refractivity contribution in [2.45, 2.75) is 18.9 Å². The van der Waals surface area contributed by atoms with Gasteiger partial charge < -0.3 is 19.9 Å². The maximum absolute atomic E-state index is 6.04. The van der Waals surface area contributed by atoms with Crippen molar-refractivity contribution in [2.24, 2.45) is 11.7 Å². The Balaban J connectivity index is 2.37. The van der Waals surface area contributed by atoms with Gasteiger partial charge in [-0.2, -0.15) is 0 Å². The van der Waals surface area contributed by atoms with Crippen molar-refractivity contribution in [3.63, 3.8) is 0 Å². The number of rotatable bonds is 8. The van der Waals surface area contributed by atoms with Crippen LogP contribution in [0.3, 0.4) is 0 Å². The molecule has 0 saturated heterocycles. The average Bonchev–Trinajstić information content (AvgIpc) is 3.31. The summed E-state index contributed by atoms with van der Waals surface area (Å²) in [4.78, 5) is 2.30. The number of hydrogen-bond acceptors (Lipinski definition) is 5. The quantitative estimate of drug-likeness (QED) is 0.795. The molecule has 1 atom stereocenters. The lowest BCUT2D eigenvalue weighted by Crippen LogP contribution is -2.32. The molecular weight excluding hydrogens is 268 g/mol. The van der Waals surface area contributed by atoms with Gasteiger partial charge in [-0.3, -0.25) is 4.90 Å². The summed E-state index contributed by atoms with van der Waals surface area (Å²) in [6.07, 6.45) is 2.64. The summed E-state index contributed by atoms with van der Waals surface area (Å²) >= 11 is 0. The summed E-state index contributed by atoms with van der Waals surface area (Å²) < 4.78 is 16.4. The molecule has 0 radical (unpaired) electrons. The van der Waals surface area contributed by atoms with Gasteiger partial charge in [0, 0.05) is 25.2 Å². The molecule has 0 aliphatic heterocycles. The molecule has 1 aliphatic rings. The van der Waals surface area contributed by atoms with Crippen LogP contribution in [0, 0.1) is 5.92 Å². The second kappa shape index (κ2) is 7.00. The van der Waals surface area contributed by atoms with E-state index in [1.54, 1.807) is 21.3 Å². The van der Waals surface area contributed by atoms with Crippen LogP contribution < -0.4 is 19.9 Å². The Labute approximate surface area is 127 Å². The third-order valence-electron chi connectivity index (χ3n) is 4.08. The van der Waals surface area contributed by atoms with Gasteiger partial charge in [0.05, 0.1) is 32.9 Å². The van der Waals surface area contributed by atoms with Crippen LogP contribution in [0.5, 0.6) is 17.2 Å². The summed E-state index contributed by atoms with van der Waals surface area (Å²) in [6, 6.07) is 3.83. The molecular formula is C16H26N2O3. The average molecular weight is 294 g/mol. The van der Waals surface area contributed by atoms with E-state index >= 15 is 0 Å². The monoisotopic (exact) mass is 294 g/mol. The normalized spacial score (nSPS) is 15.9. The van der Waals surface area contributed by atoms with Gasteiger partial charge in [-0.25, -0.2) is 0 Å². The van der Waals surface area contributed by atoms with E-state index in [4.69, 9.17) is 19.9 Å². The minimum Gasteiger partial charge on any atom is -0.496 e. The predicted octanol–water partition coefficient (Wildman–Crippen LogP) is 2.05. The molecule has 2 N–H and O–H groups in total. The number of likely N-dealkylation sites (N-methyl/N-ethyl adjacent to an activating group) is 1. The highest BCUT2D eigenvalue weighted by atomic mass is 16.5. The van der Waals surface area contributed by atoms with Gasteiger partial charge >= 0.3 is 0 Å². The van der Waals surface area contributed by atoms with Gasteiger partial charge in [0.25, 0.3) is 0 Å². The first kappa shape index (κ1) is 15.9. The lowest BCUT2D eigenvalue weighted by molar-refractivity contribution is 0.228. The highest BCUT2D eigenvalue weighted by molar-refractivity contribution is 5.52. The summed E-state index contributed by atoms with van der Waals surface area (Å²) in [7, 11) is 7.06. The number of nitrogens with two attached hydrogens (primary N) is 1. The van der Waals surface area contributed by atoms with E-state index in [9.17, 15) is 0 Å². The summed E-state index contributed by atoms with van der Waals surface area (Å²) in [5, 5.41) is 0. The zero-order chi connectivity index (χ0) is 15.4. The molecule has 0 amide bonds. The van der Waals surface area contributed by atoms with Gasteiger partial charge in [0.1, 0.15) is 17.2 Å². The number of nitrogens with zero attached hydrogens (tertiary/aromatic N) is 1. The van der Waals surface area contributed by atoms with Crippen molar-refractivity contribution in [3.05, 3.63) is 17.7 Å². The van der Waals surface area contributed by atoms with Gasteiger partial charge in [0.2, 0.25) is 0 Å².